The molecule has 0 fully saturated rings. The summed E-state index contributed by atoms with van der Waals surface area (Å²) in [7, 11) is -2.28. The third-order valence-electron chi connectivity index (χ3n) is 7.10. The Kier molecular flexibility index (Phi) is 6.52. The van der Waals surface area contributed by atoms with E-state index in [9.17, 15) is 4.79 Å². The fourth-order valence-corrected chi connectivity index (χ4v) is 4.97. The SMILES string of the molecule is CC(C)(C)[Si](C)(C)Oc1cccc(C2=CN3C(=O)/C(=C/c4ccco4)N=C3C(Cc3ccccc3)=N2)c1F. The summed E-state index contributed by atoms with van der Waals surface area (Å²) in [5.74, 6) is 0.313. The molecule has 0 saturated carbocycles. The quantitative estimate of drug-likeness (QED) is 0.254. The van der Waals surface area contributed by atoms with E-state index in [0.717, 1.165) is 5.56 Å². The number of aliphatic imine (C=N–C) groups is 2. The van der Waals surface area contributed by atoms with E-state index in [-0.39, 0.29) is 28.0 Å². The third kappa shape index (κ3) is 4.91. The van der Waals surface area contributed by atoms with Crippen LogP contribution in [0.4, 0.5) is 4.39 Å². The van der Waals surface area contributed by atoms with Crippen LogP contribution in [0.15, 0.2) is 93.2 Å². The van der Waals surface area contributed by atoms with E-state index in [1.807, 2.05) is 30.3 Å². The standard InChI is InChI=1S/C30H30FN3O3Si/c1-30(2,3)38(4,5)37-26-15-9-14-22(27(26)31)25-19-34-28(23(32-25)17-20-11-7-6-8-12-20)33-24(29(34)35)18-21-13-10-16-36-21/h6-16,18-19H,17H2,1-5H3/b24-18-. The first kappa shape index (κ1) is 25.6. The maximum absolute atomic E-state index is 15.9. The van der Waals surface area contributed by atoms with Gasteiger partial charge in [0.2, 0.25) is 0 Å². The van der Waals surface area contributed by atoms with Gasteiger partial charge in [-0.2, -0.15) is 0 Å². The first-order valence-corrected chi connectivity index (χ1v) is 15.4. The number of hydrogen-bond donors (Lipinski definition) is 0. The van der Waals surface area contributed by atoms with Crippen molar-refractivity contribution in [2.24, 2.45) is 9.98 Å². The fourth-order valence-electron chi connectivity index (χ4n) is 3.96. The van der Waals surface area contributed by atoms with Crippen molar-refractivity contribution in [1.82, 2.24) is 4.90 Å². The molecular formula is C30H30FN3O3Si. The van der Waals surface area contributed by atoms with Crippen molar-refractivity contribution in [1.29, 1.82) is 0 Å². The van der Waals surface area contributed by atoms with E-state index in [1.165, 1.54) is 11.2 Å². The summed E-state index contributed by atoms with van der Waals surface area (Å²) in [5, 5.41) is -0.0926. The van der Waals surface area contributed by atoms with Gasteiger partial charge in [0.1, 0.15) is 17.2 Å². The monoisotopic (exact) mass is 527 g/mol. The molecule has 2 aromatic carbocycles. The van der Waals surface area contributed by atoms with Crippen LogP contribution in [0.1, 0.15) is 37.7 Å². The normalized spacial score (nSPS) is 16.8. The number of rotatable bonds is 6. The van der Waals surface area contributed by atoms with E-state index in [4.69, 9.17) is 13.8 Å². The first-order valence-electron chi connectivity index (χ1n) is 12.5. The number of furan rings is 1. The Morgan fingerprint density at radius 3 is 2.47 bits per heavy atom. The second kappa shape index (κ2) is 9.68. The van der Waals surface area contributed by atoms with Crippen LogP contribution in [0.3, 0.4) is 0 Å². The Labute approximate surface area is 223 Å². The molecule has 0 N–H and O–H groups in total. The highest BCUT2D eigenvalue weighted by Crippen LogP contribution is 2.39. The zero-order chi connectivity index (χ0) is 27.1. The van der Waals surface area contributed by atoms with Crippen molar-refractivity contribution >= 4 is 37.5 Å². The Morgan fingerprint density at radius 2 is 1.79 bits per heavy atom. The van der Waals surface area contributed by atoms with Crippen molar-refractivity contribution in [3.05, 3.63) is 102 Å². The van der Waals surface area contributed by atoms with Crippen molar-refractivity contribution < 1.29 is 18.0 Å². The molecule has 2 aliphatic rings. The van der Waals surface area contributed by atoms with Crippen LogP contribution < -0.4 is 4.43 Å². The number of amides is 1. The average Bonchev–Trinajstić information content (AvgIpc) is 3.49. The molecule has 2 aliphatic heterocycles. The van der Waals surface area contributed by atoms with Gasteiger partial charge in [-0.1, -0.05) is 57.2 Å². The molecule has 194 valence electrons. The zero-order valence-electron chi connectivity index (χ0n) is 22.2. The summed E-state index contributed by atoms with van der Waals surface area (Å²) in [6.45, 7) is 10.5. The van der Waals surface area contributed by atoms with Crippen LogP contribution >= 0.6 is 0 Å². The summed E-state index contributed by atoms with van der Waals surface area (Å²) in [6.07, 6.45) is 5.10. The lowest BCUT2D eigenvalue weighted by molar-refractivity contribution is -0.120. The first-order chi connectivity index (χ1) is 18.0. The lowest BCUT2D eigenvalue weighted by Crippen LogP contribution is -2.44. The fraction of sp³-hybridized carbons (Fsp3) is 0.233. The number of benzene rings is 2. The van der Waals surface area contributed by atoms with Crippen LogP contribution in [0.25, 0.3) is 11.8 Å². The Balaban J connectivity index is 1.57. The predicted octanol–water partition coefficient (Wildman–Crippen LogP) is 7.08. The molecule has 0 radical (unpaired) electrons. The second-order valence-corrected chi connectivity index (χ2v) is 15.6. The highest BCUT2D eigenvalue weighted by Gasteiger charge is 2.40. The summed E-state index contributed by atoms with van der Waals surface area (Å²) in [5.41, 5.74) is 2.40. The van der Waals surface area contributed by atoms with E-state index in [0.29, 0.717) is 29.4 Å². The molecule has 3 aromatic rings. The van der Waals surface area contributed by atoms with Crippen LogP contribution in [-0.4, -0.2) is 30.7 Å². The highest BCUT2D eigenvalue weighted by atomic mass is 28.4. The molecule has 0 spiro atoms. The van der Waals surface area contributed by atoms with Gasteiger partial charge in [0.15, 0.2) is 11.7 Å². The molecule has 6 nitrogen and oxygen atoms in total. The Bertz CT molecular complexity index is 1500. The molecule has 8 heteroatoms. The number of fused-ring (bicyclic) bond motifs is 1. The lowest BCUT2D eigenvalue weighted by Gasteiger charge is -2.36. The molecule has 1 aromatic heterocycles. The molecule has 0 bridgehead atoms. The van der Waals surface area contributed by atoms with Crippen LogP contribution in [0.5, 0.6) is 5.75 Å². The van der Waals surface area contributed by atoms with Gasteiger partial charge in [-0.3, -0.25) is 9.69 Å². The third-order valence-corrected chi connectivity index (χ3v) is 11.4. The number of carbonyl (C=O) groups excluding carboxylic acids is 1. The number of nitrogens with zero attached hydrogens (tertiary/aromatic N) is 3. The number of carbonyl (C=O) groups is 1. The number of amidine groups is 1. The molecule has 0 unspecified atom stereocenters. The van der Waals surface area contributed by atoms with Crippen molar-refractivity contribution in [2.75, 3.05) is 0 Å². The summed E-state index contributed by atoms with van der Waals surface area (Å²) in [4.78, 5) is 24.2. The molecule has 1 amide bonds. The van der Waals surface area contributed by atoms with E-state index in [2.05, 4.69) is 38.9 Å². The minimum absolute atomic E-state index is 0.0926. The summed E-state index contributed by atoms with van der Waals surface area (Å²) >= 11 is 0. The molecule has 38 heavy (non-hydrogen) atoms. The average molecular weight is 528 g/mol. The molecule has 5 rings (SSSR count). The van der Waals surface area contributed by atoms with Gasteiger partial charge >= 0.3 is 0 Å². The predicted molar refractivity (Wildman–Crippen MR) is 151 cm³/mol. The zero-order valence-corrected chi connectivity index (χ0v) is 23.2. The molecular weight excluding hydrogens is 497 g/mol. The topological polar surface area (TPSA) is 67.4 Å². The van der Waals surface area contributed by atoms with Gasteiger partial charge < -0.3 is 8.84 Å². The van der Waals surface area contributed by atoms with Gasteiger partial charge in [-0.25, -0.2) is 14.4 Å². The number of halogens is 1. The molecule has 0 saturated heterocycles. The smallest absolute Gasteiger partial charge is 0.282 e. The highest BCUT2D eigenvalue weighted by molar-refractivity contribution is 6.74. The van der Waals surface area contributed by atoms with E-state index >= 15 is 4.39 Å². The largest absolute Gasteiger partial charge is 0.542 e. The summed E-state index contributed by atoms with van der Waals surface area (Å²) < 4.78 is 27.6. The van der Waals surface area contributed by atoms with Crippen LogP contribution in [0.2, 0.25) is 18.1 Å². The number of hydrogen-bond acceptors (Lipinski definition) is 5. The summed E-state index contributed by atoms with van der Waals surface area (Å²) in [6, 6.07) is 18.3. The Morgan fingerprint density at radius 1 is 1.03 bits per heavy atom. The minimum atomic E-state index is -2.28. The molecule has 3 heterocycles. The van der Waals surface area contributed by atoms with Gasteiger partial charge in [0.05, 0.1) is 17.7 Å². The van der Waals surface area contributed by atoms with Gasteiger partial charge in [-0.15, -0.1) is 0 Å². The minimum Gasteiger partial charge on any atom is -0.542 e. The van der Waals surface area contributed by atoms with Gasteiger partial charge in [0.25, 0.3) is 14.2 Å². The van der Waals surface area contributed by atoms with Crippen LogP contribution in [0, 0.1) is 5.82 Å². The Hall–Kier alpha value is -4.04. The maximum Gasteiger partial charge on any atom is 0.282 e. The molecule has 0 atom stereocenters. The second-order valence-electron chi connectivity index (χ2n) is 10.9. The van der Waals surface area contributed by atoms with Gasteiger partial charge in [-0.05, 0) is 48.0 Å². The lowest BCUT2D eigenvalue weighted by atomic mass is 10.0. The van der Waals surface area contributed by atoms with Crippen LogP contribution in [-0.2, 0) is 11.2 Å². The van der Waals surface area contributed by atoms with E-state index in [1.54, 1.807) is 42.6 Å². The van der Waals surface area contributed by atoms with Crippen molar-refractivity contribution in [2.45, 2.75) is 45.3 Å². The van der Waals surface area contributed by atoms with Gasteiger partial charge in [0, 0.05) is 24.3 Å². The van der Waals surface area contributed by atoms with Crippen molar-refractivity contribution in [3.63, 3.8) is 0 Å². The maximum atomic E-state index is 15.9. The van der Waals surface area contributed by atoms with Crippen molar-refractivity contribution in [3.8, 4) is 5.75 Å². The van der Waals surface area contributed by atoms with E-state index < -0.39 is 14.1 Å². The molecule has 0 aliphatic carbocycles.